The quantitative estimate of drug-likeness (QED) is 0.860. The second kappa shape index (κ2) is 5.79. The van der Waals surface area contributed by atoms with Crippen LogP contribution < -0.4 is 10.5 Å². The van der Waals surface area contributed by atoms with Crippen molar-refractivity contribution < 1.29 is 26.7 Å². The Morgan fingerprint density at radius 3 is 2.47 bits per heavy atom. The summed E-state index contributed by atoms with van der Waals surface area (Å²) >= 11 is 0. The van der Waals surface area contributed by atoms with Crippen LogP contribution in [0.2, 0.25) is 0 Å². The van der Waals surface area contributed by atoms with E-state index in [0.717, 1.165) is 0 Å². The van der Waals surface area contributed by atoms with E-state index in [2.05, 4.69) is 9.72 Å². The Morgan fingerprint density at radius 2 is 2.05 bits per heavy atom. The molecule has 0 saturated heterocycles. The summed E-state index contributed by atoms with van der Waals surface area (Å²) in [5.74, 6) is -0.856. The molecule has 104 valence electrons. The van der Waals surface area contributed by atoms with E-state index in [-0.39, 0.29) is 11.3 Å². The molecule has 1 aromatic rings. The van der Waals surface area contributed by atoms with Crippen LogP contribution in [-0.4, -0.2) is 11.3 Å². The van der Waals surface area contributed by atoms with Gasteiger partial charge < -0.3 is 10.5 Å². The summed E-state index contributed by atoms with van der Waals surface area (Å²) in [4.78, 5) is 3.42. The molecule has 1 heterocycles. The predicted molar refractivity (Wildman–Crippen MR) is 53.1 cm³/mol. The van der Waals surface area contributed by atoms with Crippen LogP contribution in [0.25, 0.3) is 0 Å². The Hall–Kier alpha value is -1.95. The molecule has 1 aromatic heterocycles. The number of rotatable bonds is 4. The van der Waals surface area contributed by atoms with Gasteiger partial charge >= 0.3 is 6.36 Å². The first-order valence-corrected chi connectivity index (χ1v) is 4.92. The molecule has 4 nitrogen and oxygen atoms in total. The molecule has 9 heteroatoms. The third-order valence-corrected chi connectivity index (χ3v) is 2.09. The standard InChI is InChI=1S/C10H8F5N3O/c11-9(12)7-3-8(19-10(13,14)15)5(4-17)6(18-7)1-2-16/h3,9H,1,4,17H2. The summed E-state index contributed by atoms with van der Waals surface area (Å²) in [6.45, 7) is -0.418. The van der Waals surface area contributed by atoms with Gasteiger partial charge in [-0.15, -0.1) is 13.2 Å². The first-order valence-electron chi connectivity index (χ1n) is 4.92. The van der Waals surface area contributed by atoms with E-state index in [1.807, 2.05) is 0 Å². The molecule has 2 N–H and O–H groups in total. The molecule has 19 heavy (non-hydrogen) atoms. The minimum atomic E-state index is -5.05. The van der Waals surface area contributed by atoms with Gasteiger partial charge in [0, 0.05) is 18.2 Å². The summed E-state index contributed by atoms with van der Waals surface area (Å²) in [7, 11) is 0. The highest BCUT2D eigenvalue weighted by Crippen LogP contribution is 2.31. The minimum Gasteiger partial charge on any atom is -0.405 e. The van der Waals surface area contributed by atoms with Crippen molar-refractivity contribution in [2.75, 3.05) is 0 Å². The zero-order valence-electron chi connectivity index (χ0n) is 9.34. The lowest BCUT2D eigenvalue weighted by molar-refractivity contribution is -0.275. The Kier molecular flexibility index (Phi) is 4.61. The SMILES string of the molecule is N#CCc1nc(C(F)F)cc(OC(F)(F)F)c1CN. The smallest absolute Gasteiger partial charge is 0.405 e. The molecule has 0 unspecified atom stereocenters. The molecule has 0 saturated carbocycles. The van der Waals surface area contributed by atoms with E-state index < -0.39 is 37.2 Å². The van der Waals surface area contributed by atoms with Crippen LogP contribution in [0, 0.1) is 11.3 Å². The minimum absolute atomic E-state index is 0.219. The van der Waals surface area contributed by atoms with Crippen LogP contribution in [0.3, 0.4) is 0 Å². The number of pyridine rings is 1. The molecular weight excluding hydrogens is 273 g/mol. The summed E-state index contributed by atoms with van der Waals surface area (Å²) in [5.41, 5.74) is 3.87. The summed E-state index contributed by atoms with van der Waals surface area (Å²) in [6, 6.07) is 2.09. The molecular formula is C10H8F5N3O. The number of hydrogen-bond donors (Lipinski definition) is 1. The highest BCUT2D eigenvalue weighted by molar-refractivity contribution is 5.40. The lowest BCUT2D eigenvalue weighted by Gasteiger charge is -2.15. The number of aromatic nitrogens is 1. The number of nitrogens with zero attached hydrogens (tertiary/aromatic N) is 2. The third-order valence-electron chi connectivity index (χ3n) is 2.09. The van der Waals surface area contributed by atoms with Gasteiger partial charge in [-0.05, 0) is 0 Å². The molecule has 0 spiro atoms. The van der Waals surface area contributed by atoms with Gasteiger partial charge in [-0.25, -0.2) is 8.78 Å². The number of ether oxygens (including phenoxy) is 1. The van der Waals surface area contributed by atoms with E-state index in [0.29, 0.717) is 6.07 Å². The van der Waals surface area contributed by atoms with Crippen LogP contribution >= 0.6 is 0 Å². The van der Waals surface area contributed by atoms with E-state index >= 15 is 0 Å². The second-order valence-electron chi connectivity index (χ2n) is 3.36. The molecule has 0 radical (unpaired) electrons. The van der Waals surface area contributed by atoms with Gasteiger partial charge in [0.15, 0.2) is 0 Å². The molecule has 0 aliphatic carbocycles. The van der Waals surface area contributed by atoms with Crippen molar-refractivity contribution in [2.24, 2.45) is 5.73 Å². The predicted octanol–water partition coefficient (Wildman–Crippen LogP) is 2.44. The van der Waals surface area contributed by atoms with Gasteiger partial charge in [-0.1, -0.05) is 0 Å². The topological polar surface area (TPSA) is 71.9 Å². The first kappa shape index (κ1) is 15.1. The average molecular weight is 281 g/mol. The molecule has 0 atom stereocenters. The van der Waals surface area contributed by atoms with E-state index in [1.54, 1.807) is 6.07 Å². The van der Waals surface area contributed by atoms with Crippen molar-refractivity contribution in [3.8, 4) is 11.8 Å². The molecule has 0 bridgehead atoms. The largest absolute Gasteiger partial charge is 0.573 e. The van der Waals surface area contributed by atoms with Gasteiger partial charge in [0.25, 0.3) is 6.43 Å². The fourth-order valence-corrected chi connectivity index (χ4v) is 1.39. The second-order valence-corrected chi connectivity index (χ2v) is 3.36. The van der Waals surface area contributed by atoms with E-state index in [9.17, 15) is 22.0 Å². The lowest BCUT2D eigenvalue weighted by Crippen LogP contribution is -2.20. The summed E-state index contributed by atoms with van der Waals surface area (Å²) in [5, 5.41) is 8.51. The van der Waals surface area contributed by atoms with Gasteiger partial charge in [0.05, 0.1) is 18.2 Å². The highest BCUT2D eigenvalue weighted by atomic mass is 19.4. The number of halogens is 5. The Bertz CT molecular complexity index is 495. The fraction of sp³-hybridized carbons (Fsp3) is 0.400. The average Bonchev–Trinajstić information content (AvgIpc) is 2.26. The van der Waals surface area contributed by atoms with E-state index in [1.165, 1.54) is 0 Å². The third kappa shape index (κ3) is 4.03. The van der Waals surface area contributed by atoms with Crippen LogP contribution in [-0.2, 0) is 13.0 Å². The molecule has 0 aromatic carbocycles. The van der Waals surface area contributed by atoms with Gasteiger partial charge in [-0.2, -0.15) is 5.26 Å². The van der Waals surface area contributed by atoms with Crippen LogP contribution in [0.4, 0.5) is 22.0 Å². The maximum Gasteiger partial charge on any atom is 0.573 e. The van der Waals surface area contributed by atoms with Crippen molar-refractivity contribution >= 4 is 0 Å². The highest BCUT2D eigenvalue weighted by Gasteiger charge is 2.33. The molecule has 1 rings (SSSR count). The summed E-state index contributed by atoms with van der Waals surface area (Å²) < 4.78 is 65.2. The number of alkyl halides is 5. The molecule has 0 amide bonds. The fourth-order valence-electron chi connectivity index (χ4n) is 1.39. The van der Waals surface area contributed by atoms with Crippen LogP contribution in [0.1, 0.15) is 23.4 Å². The van der Waals surface area contributed by atoms with Gasteiger partial charge in [-0.3, -0.25) is 4.98 Å². The normalized spacial score (nSPS) is 11.5. The van der Waals surface area contributed by atoms with Crippen molar-refractivity contribution in [1.82, 2.24) is 4.98 Å². The van der Waals surface area contributed by atoms with Crippen molar-refractivity contribution in [3.63, 3.8) is 0 Å². The van der Waals surface area contributed by atoms with Crippen LogP contribution in [0.15, 0.2) is 6.07 Å². The number of nitrogens with two attached hydrogens (primary N) is 1. The first-order chi connectivity index (χ1) is 8.78. The van der Waals surface area contributed by atoms with Crippen molar-refractivity contribution in [1.29, 1.82) is 5.26 Å². The number of nitriles is 1. The molecule has 0 fully saturated rings. The monoisotopic (exact) mass is 281 g/mol. The zero-order valence-corrected chi connectivity index (χ0v) is 9.34. The maximum absolute atomic E-state index is 12.5. The summed E-state index contributed by atoms with van der Waals surface area (Å²) in [6.07, 6.45) is -8.57. The number of hydrogen-bond acceptors (Lipinski definition) is 4. The Balaban J connectivity index is 3.36. The van der Waals surface area contributed by atoms with Crippen molar-refractivity contribution in [3.05, 3.63) is 23.0 Å². The maximum atomic E-state index is 12.5. The van der Waals surface area contributed by atoms with Crippen molar-refractivity contribution in [2.45, 2.75) is 25.8 Å². The lowest BCUT2D eigenvalue weighted by atomic mass is 10.1. The zero-order chi connectivity index (χ0) is 14.6. The molecule has 0 aliphatic heterocycles. The van der Waals surface area contributed by atoms with Gasteiger partial charge in [0.1, 0.15) is 11.4 Å². The van der Waals surface area contributed by atoms with E-state index in [4.69, 9.17) is 11.0 Å². The molecule has 0 aliphatic rings. The Labute approximate surface area is 104 Å². The van der Waals surface area contributed by atoms with Crippen LogP contribution in [0.5, 0.6) is 5.75 Å². The van der Waals surface area contributed by atoms with Gasteiger partial charge in [0.2, 0.25) is 0 Å². The Morgan fingerprint density at radius 1 is 1.42 bits per heavy atom.